The van der Waals surface area contributed by atoms with E-state index in [9.17, 15) is 9.59 Å². The molecule has 2 aromatic rings. The topological polar surface area (TPSA) is 61.8 Å². The van der Waals surface area contributed by atoms with Crippen LogP contribution in [0.2, 0.25) is 0 Å². The maximum absolute atomic E-state index is 12.3. The Balaban J connectivity index is 1.66. The summed E-state index contributed by atoms with van der Waals surface area (Å²) >= 11 is 2.22. The zero-order valence-electron chi connectivity index (χ0n) is 17.4. The fourth-order valence-electron chi connectivity index (χ4n) is 2.61. The smallest absolute Gasteiger partial charge is 0.343 e. The Labute approximate surface area is 191 Å². The van der Waals surface area contributed by atoms with E-state index >= 15 is 0 Å². The summed E-state index contributed by atoms with van der Waals surface area (Å²) in [5.41, 5.74) is 1.82. The molecule has 5 nitrogen and oxygen atoms in total. The van der Waals surface area contributed by atoms with E-state index in [-0.39, 0.29) is 5.97 Å². The summed E-state index contributed by atoms with van der Waals surface area (Å²) in [5, 5.41) is 0. The number of halogens is 1. The van der Waals surface area contributed by atoms with E-state index in [1.165, 1.54) is 0 Å². The van der Waals surface area contributed by atoms with E-state index in [1.807, 2.05) is 19.1 Å². The van der Waals surface area contributed by atoms with Crippen molar-refractivity contribution in [3.05, 3.63) is 69.3 Å². The van der Waals surface area contributed by atoms with Gasteiger partial charge in [0.15, 0.2) is 0 Å². The van der Waals surface area contributed by atoms with Gasteiger partial charge in [-0.25, -0.2) is 9.59 Å². The first-order valence-electron chi connectivity index (χ1n) is 9.90. The highest BCUT2D eigenvalue weighted by molar-refractivity contribution is 14.1. The third-order valence-electron chi connectivity index (χ3n) is 4.32. The number of esters is 2. The molecule has 0 bridgehead atoms. The number of carbonyl (C=O) groups is 2. The van der Waals surface area contributed by atoms with Crippen molar-refractivity contribution in [2.75, 3.05) is 13.2 Å². The Morgan fingerprint density at radius 2 is 1.63 bits per heavy atom. The first-order chi connectivity index (χ1) is 14.4. The molecule has 0 unspecified atom stereocenters. The van der Waals surface area contributed by atoms with Gasteiger partial charge in [-0.15, -0.1) is 0 Å². The number of ether oxygens (including phenoxy) is 3. The quantitative estimate of drug-likeness (QED) is 0.121. The van der Waals surface area contributed by atoms with Crippen molar-refractivity contribution < 1.29 is 23.8 Å². The number of carbonyl (C=O) groups excluding carboxylic acids is 2. The average Bonchev–Trinajstić information content (AvgIpc) is 2.72. The minimum atomic E-state index is -0.391. The molecule has 2 rings (SSSR count). The summed E-state index contributed by atoms with van der Waals surface area (Å²) in [7, 11) is 0. The van der Waals surface area contributed by atoms with Crippen LogP contribution in [-0.2, 0) is 9.53 Å². The molecule has 0 radical (unpaired) electrons. The molecule has 0 saturated carbocycles. The Morgan fingerprint density at radius 1 is 0.967 bits per heavy atom. The summed E-state index contributed by atoms with van der Waals surface area (Å²) in [6.45, 7) is 8.12. The normalized spacial score (nSPS) is 10.4. The van der Waals surface area contributed by atoms with E-state index in [4.69, 9.17) is 14.2 Å². The summed E-state index contributed by atoms with van der Waals surface area (Å²) < 4.78 is 17.3. The monoisotopic (exact) mass is 522 g/mol. The highest BCUT2D eigenvalue weighted by atomic mass is 127. The van der Waals surface area contributed by atoms with Crippen LogP contribution in [-0.4, -0.2) is 25.2 Å². The van der Waals surface area contributed by atoms with E-state index in [1.54, 1.807) is 37.3 Å². The molecule has 0 heterocycles. The molecule has 0 aromatic heterocycles. The van der Waals surface area contributed by atoms with Crippen LogP contribution in [0.5, 0.6) is 11.5 Å². The maximum Gasteiger partial charge on any atom is 0.343 e. The van der Waals surface area contributed by atoms with Crippen LogP contribution in [0.15, 0.2) is 54.6 Å². The lowest BCUT2D eigenvalue weighted by Crippen LogP contribution is -2.09. The van der Waals surface area contributed by atoms with E-state index in [2.05, 4.69) is 29.2 Å². The average molecular weight is 522 g/mol. The first-order valence-corrected chi connectivity index (χ1v) is 11.0. The molecule has 0 amide bonds. The Hall–Kier alpha value is -2.35. The highest BCUT2D eigenvalue weighted by Crippen LogP contribution is 2.22. The Bertz CT molecular complexity index is 874. The summed E-state index contributed by atoms with van der Waals surface area (Å²) in [6.07, 6.45) is 3.69. The second-order valence-electron chi connectivity index (χ2n) is 7.00. The van der Waals surface area contributed by atoms with Crippen LogP contribution in [0.25, 0.3) is 0 Å². The molecule has 0 atom stereocenters. The minimum absolute atomic E-state index is 0.334. The molecule has 0 spiro atoms. The van der Waals surface area contributed by atoms with Crippen molar-refractivity contribution in [2.24, 2.45) is 0 Å². The van der Waals surface area contributed by atoms with Crippen molar-refractivity contribution in [2.45, 2.75) is 39.5 Å². The molecule has 0 N–H and O–H groups in total. The Morgan fingerprint density at radius 3 is 2.27 bits per heavy atom. The minimum Gasteiger partial charge on any atom is -0.494 e. The van der Waals surface area contributed by atoms with Crippen LogP contribution < -0.4 is 9.47 Å². The van der Waals surface area contributed by atoms with Crippen molar-refractivity contribution in [3.8, 4) is 11.5 Å². The number of rotatable bonds is 11. The Kier molecular flexibility index (Phi) is 9.86. The molecule has 0 aliphatic rings. The lowest BCUT2D eigenvalue weighted by molar-refractivity contribution is -0.139. The van der Waals surface area contributed by atoms with E-state index < -0.39 is 5.97 Å². The van der Waals surface area contributed by atoms with Crippen LogP contribution in [0.1, 0.15) is 48.5 Å². The highest BCUT2D eigenvalue weighted by Gasteiger charge is 2.11. The second kappa shape index (κ2) is 12.4. The number of hydrogen-bond donors (Lipinski definition) is 0. The fourth-order valence-corrected chi connectivity index (χ4v) is 3.26. The van der Waals surface area contributed by atoms with Gasteiger partial charge < -0.3 is 14.2 Å². The van der Waals surface area contributed by atoms with Gasteiger partial charge in [0.05, 0.1) is 18.8 Å². The molecule has 160 valence electrons. The number of unbranched alkanes of at least 4 members (excludes halogenated alkanes) is 3. The van der Waals surface area contributed by atoms with Gasteiger partial charge in [-0.3, -0.25) is 0 Å². The van der Waals surface area contributed by atoms with E-state index in [0.717, 1.165) is 34.8 Å². The van der Waals surface area contributed by atoms with Crippen LogP contribution in [0.4, 0.5) is 0 Å². The molecule has 6 heteroatoms. The van der Waals surface area contributed by atoms with Crippen molar-refractivity contribution in [1.29, 1.82) is 0 Å². The van der Waals surface area contributed by atoms with Gasteiger partial charge >= 0.3 is 11.9 Å². The molecular weight excluding hydrogens is 495 g/mol. The predicted octanol–water partition coefficient (Wildman–Crippen LogP) is 5.88. The van der Waals surface area contributed by atoms with E-state index in [0.29, 0.717) is 35.8 Å². The molecule has 0 aliphatic carbocycles. The van der Waals surface area contributed by atoms with Crippen LogP contribution in [0.3, 0.4) is 0 Å². The van der Waals surface area contributed by atoms with Gasteiger partial charge in [-0.2, -0.15) is 0 Å². The van der Waals surface area contributed by atoms with Crippen molar-refractivity contribution in [3.63, 3.8) is 0 Å². The van der Waals surface area contributed by atoms with Gasteiger partial charge in [0.2, 0.25) is 0 Å². The summed E-state index contributed by atoms with van der Waals surface area (Å²) in [4.78, 5) is 23.6. The zero-order chi connectivity index (χ0) is 21.9. The van der Waals surface area contributed by atoms with Crippen LogP contribution in [0, 0.1) is 10.5 Å². The maximum atomic E-state index is 12.3. The third-order valence-corrected chi connectivity index (χ3v) is 4.99. The molecule has 0 fully saturated rings. The van der Waals surface area contributed by atoms with Gasteiger partial charge in [0, 0.05) is 9.14 Å². The predicted molar refractivity (Wildman–Crippen MR) is 125 cm³/mol. The van der Waals surface area contributed by atoms with Gasteiger partial charge in [-0.1, -0.05) is 6.58 Å². The number of hydrogen-bond acceptors (Lipinski definition) is 5. The number of benzene rings is 2. The summed E-state index contributed by atoms with van der Waals surface area (Å²) in [5.74, 6) is 0.556. The second-order valence-corrected chi connectivity index (χ2v) is 8.25. The molecule has 0 aliphatic heterocycles. The van der Waals surface area contributed by atoms with Crippen molar-refractivity contribution >= 4 is 34.5 Å². The zero-order valence-corrected chi connectivity index (χ0v) is 19.6. The fraction of sp³-hybridized carbons (Fsp3) is 0.333. The molecule has 30 heavy (non-hydrogen) atoms. The first kappa shape index (κ1) is 23.9. The third kappa shape index (κ3) is 8.18. The van der Waals surface area contributed by atoms with Crippen LogP contribution >= 0.6 is 22.6 Å². The van der Waals surface area contributed by atoms with Gasteiger partial charge in [0.25, 0.3) is 0 Å². The number of aryl methyl sites for hydroxylation is 1. The van der Waals surface area contributed by atoms with Gasteiger partial charge in [-0.05, 0) is 110 Å². The lowest BCUT2D eigenvalue weighted by atomic mass is 10.2. The standard InChI is InChI=1S/C24H27IO5/c1-17(2)23(26)29-15-7-5-4-6-14-28-21-11-8-19(9-12-21)24(27)30-22-13-10-20(25)16-18(22)3/h8-13,16H,1,4-7,14-15H2,2-3H3. The molecular formula is C24H27IO5. The SMILES string of the molecule is C=C(C)C(=O)OCCCCCCOc1ccc(C(=O)Oc2ccc(I)cc2C)cc1. The largest absolute Gasteiger partial charge is 0.494 e. The van der Waals surface area contributed by atoms with Crippen molar-refractivity contribution in [1.82, 2.24) is 0 Å². The molecule has 2 aromatic carbocycles. The molecule has 0 saturated heterocycles. The lowest BCUT2D eigenvalue weighted by Gasteiger charge is -2.09. The summed E-state index contributed by atoms with van der Waals surface area (Å²) in [6, 6.07) is 12.6. The van der Waals surface area contributed by atoms with Gasteiger partial charge in [0.1, 0.15) is 11.5 Å².